The van der Waals surface area contributed by atoms with Crippen LogP contribution in [-0.4, -0.2) is 43.0 Å². The molecule has 3 aromatic rings. The van der Waals surface area contributed by atoms with Gasteiger partial charge in [-0.3, -0.25) is 9.69 Å². The Morgan fingerprint density at radius 3 is 2.39 bits per heavy atom. The van der Waals surface area contributed by atoms with Crippen molar-refractivity contribution in [2.75, 3.05) is 32.1 Å². The van der Waals surface area contributed by atoms with Gasteiger partial charge in [0.05, 0.1) is 16.6 Å². The summed E-state index contributed by atoms with van der Waals surface area (Å²) in [7, 11) is 4.04. The standard InChI is InChI=1S/C22H27N3OS.ClH/c1-15-9-10-18(13-17(15)3)14-20(26)25(12-11-24(4)5)22-23-21-16(2)7-6-8-19(21)27-22;/h6-10,13H,11-12,14H2,1-5H3;1H. The largest absolute Gasteiger partial charge is 0.308 e. The van der Waals surface area contributed by atoms with E-state index in [1.165, 1.54) is 11.1 Å². The van der Waals surface area contributed by atoms with Gasteiger partial charge in [0.2, 0.25) is 5.91 Å². The fourth-order valence-corrected chi connectivity index (χ4v) is 4.09. The highest BCUT2D eigenvalue weighted by Gasteiger charge is 2.20. The molecule has 2 aromatic carbocycles. The Balaban J connectivity index is 0.00000280. The van der Waals surface area contributed by atoms with E-state index in [0.29, 0.717) is 13.0 Å². The number of anilines is 1. The zero-order valence-electron chi connectivity index (χ0n) is 17.2. The van der Waals surface area contributed by atoms with Crippen LogP contribution < -0.4 is 4.90 Å². The highest BCUT2D eigenvalue weighted by molar-refractivity contribution is 7.22. The Kier molecular flexibility index (Phi) is 7.58. The first-order valence-electron chi connectivity index (χ1n) is 9.22. The summed E-state index contributed by atoms with van der Waals surface area (Å²) in [6, 6.07) is 12.4. The van der Waals surface area contributed by atoms with E-state index in [2.05, 4.69) is 49.9 Å². The summed E-state index contributed by atoms with van der Waals surface area (Å²) in [6.45, 7) is 7.67. The number of rotatable bonds is 6. The molecule has 0 aliphatic rings. The summed E-state index contributed by atoms with van der Waals surface area (Å²) in [6.07, 6.45) is 0.392. The molecule has 6 heteroatoms. The van der Waals surface area contributed by atoms with Gasteiger partial charge in [-0.2, -0.15) is 0 Å². The molecule has 0 aliphatic heterocycles. The van der Waals surface area contributed by atoms with Crippen molar-refractivity contribution in [2.24, 2.45) is 0 Å². The van der Waals surface area contributed by atoms with Gasteiger partial charge in [-0.1, -0.05) is 41.7 Å². The van der Waals surface area contributed by atoms with Crippen LogP contribution in [0.25, 0.3) is 10.2 Å². The molecule has 28 heavy (non-hydrogen) atoms. The molecule has 1 amide bonds. The van der Waals surface area contributed by atoms with Crippen LogP contribution in [0.15, 0.2) is 36.4 Å². The van der Waals surface area contributed by atoms with Crippen molar-refractivity contribution >= 4 is 45.0 Å². The number of halogens is 1. The van der Waals surface area contributed by atoms with Crippen LogP contribution in [0, 0.1) is 20.8 Å². The van der Waals surface area contributed by atoms with Gasteiger partial charge in [0.25, 0.3) is 0 Å². The third-order valence-electron chi connectivity index (χ3n) is 4.84. The number of carbonyl (C=O) groups is 1. The summed E-state index contributed by atoms with van der Waals surface area (Å²) in [4.78, 5) is 21.9. The van der Waals surface area contributed by atoms with Gasteiger partial charge in [-0.05, 0) is 63.2 Å². The maximum absolute atomic E-state index is 13.2. The van der Waals surface area contributed by atoms with E-state index < -0.39 is 0 Å². The van der Waals surface area contributed by atoms with Crippen molar-refractivity contribution in [1.29, 1.82) is 0 Å². The minimum Gasteiger partial charge on any atom is -0.308 e. The van der Waals surface area contributed by atoms with Crippen LogP contribution in [-0.2, 0) is 11.2 Å². The normalized spacial score (nSPS) is 10.9. The van der Waals surface area contributed by atoms with Gasteiger partial charge in [-0.15, -0.1) is 12.4 Å². The van der Waals surface area contributed by atoms with E-state index in [1.807, 2.05) is 31.1 Å². The topological polar surface area (TPSA) is 36.4 Å². The zero-order chi connectivity index (χ0) is 19.6. The van der Waals surface area contributed by atoms with Crippen LogP contribution in [0.3, 0.4) is 0 Å². The second-order valence-electron chi connectivity index (χ2n) is 7.36. The molecule has 3 rings (SSSR count). The second-order valence-corrected chi connectivity index (χ2v) is 8.37. The van der Waals surface area contributed by atoms with Gasteiger partial charge < -0.3 is 4.90 Å². The molecule has 0 fully saturated rings. The molecule has 0 saturated carbocycles. The number of thiazole rings is 1. The Labute approximate surface area is 177 Å². The van der Waals surface area contributed by atoms with Crippen molar-refractivity contribution in [3.05, 3.63) is 58.7 Å². The molecular formula is C22H28ClN3OS. The Bertz CT molecular complexity index is 968. The number of likely N-dealkylation sites (N-methyl/N-ethyl adjacent to an activating group) is 1. The smallest absolute Gasteiger partial charge is 0.233 e. The van der Waals surface area contributed by atoms with E-state index in [4.69, 9.17) is 4.98 Å². The Hall–Kier alpha value is -1.95. The molecule has 150 valence electrons. The maximum atomic E-state index is 13.2. The molecular weight excluding hydrogens is 390 g/mol. The number of fused-ring (bicyclic) bond motifs is 1. The van der Waals surface area contributed by atoms with Crippen molar-refractivity contribution in [2.45, 2.75) is 27.2 Å². The summed E-state index contributed by atoms with van der Waals surface area (Å²) in [5.41, 5.74) is 5.65. The van der Waals surface area contributed by atoms with Gasteiger partial charge in [0, 0.05) is 13.1 Å². The number of hydrogen-bond acceptors (Lipinski definition) is 4. The van der Waals surface area contributed by atoms with Crippen molar-refractivity contribution in [3.63, 3.8) is 0 Å². The van der Waals surface area contributed by atoms with Crippen LogP contribution in [0.1, 0.15) is 22.3 Å². The van der Waals surface area contributed by atoms with E-state index in [-0.39, 0.29) is 18.3 Å². The van der Waals surface area contributed by atoms with Crippen LogP contribution in [0.4, 0.5) is 5.13 Å². The fourth-order valence-electron chi connectivity index (χ4n) is 3.00. The number of amides is 1. The highest BCUT2D eigenvalue weighted by atomic mass is 35.5. The summed E-state index contributed by atoms with van der Waals surface area (Å²) < 4.78 is 1.12. The molecule has 0 unspecified atom stereocenters. The summed E-state index contributed by atoms with van der Waals surface area (Å²) in [5, 5.41) is 0.787. The predicted octanol–water partition coefficient (Wildman–Crippen LogP) is 4.78. The average Bonchev–Trinajstić information content (AvgIpc) is 3.03. The van der Waals surface area contributed by atoms with Crippen molar-refractivity contribution in [1.82, 2.24) is 9.88 Å². The number of aryl methyl sites for hydroxylation is 3. The lowest BCUT2D eigenvalue weighted by atomic mass is 10.0. The minimum atomic E-state index is 0. The molecule has 0 bridgehead atoms. The van der Waals surface area contributed by atoms with E-state index in [0.717, 1.165) is 33.0 Å². The number of hydrogen-bond donors (Lipinski definition) is 0. The molecule has 0 atom stereocenters. The molecule has 4 nitrogen and oxygen atoms in total. The monoisotopic (exact) mass is 417 g/mol. The third kappa shape index (κ3) is 5.10. The van der Waals surface area contributed by atoms with Gasteiger partial charge >= 0.3 is 0 Å². The van der Waals surface area contributed by atoms with Gasteiger partial charge in [-0.25, -0.2) is 4.98 Å². The maximum Gasteiger partial charge on any atom is 0.233 e. The van der Waals surface area contributed by atoms with Crippen molar-refractivity contribution in [3.8, 4) is 0 Å². The predicted molar refractivity (Wildman–Crippen MR) is 122 cm³/mol. The van der Waals surface area contributed by atoms with E-state index in [9.17, 15) is 4.79 Å². The molecule has 0 aliphatic carbocycles. The highest BCUT2D eigenvalue weighted by Crippen LogP contribution is 2.31. The molecule has 1 aromatic heterocycles. The zero-order valence-corrected chi connectivity index (χ0v) is 18.8. The van der Waals surface area contributed by atoms with Crippen molar-refractivity contribution < 1.29 is 4.79 Å². The Morgan fingerprint density at radius 1 is 1.00 bits per heavy atom. The number of aromatic nitrogens is 1. The van der Waals surface area contributed by atoms with Gasteiger partial charge in [0.1, 0.15) is 0 Å². The number of benzene rings is 2. The van der Waals surface area contributed by atoms with Crippen LogP contribution in [0.2, 0.25) is 0 Å². The first-order valence-corrected chi connectivity index (χ1v) is 10.0. The first kappa shape index (κ1) is 22.3. The third-order valence-corrected chi connectivity index (χ3v) is 5.88. The minimum absolute atomic E-state index is 0. The van der Waals surface area contributed by atoms with Gasteiger partial charge in [0.15, 0.2) is 5.13 Å². The lowest BCUT2D eigenvalue weighted by Crippen LogP contribution is -2.37. The molecule has 0 saturated heterocycles. The SMILES string of the molecule is Cc1ccc(CC(=O)N(CCN(C)C)c2nc3c(C)cccc3s2)cc1C.Cl. The molecule has 0 N–H and O–H groups in total. The fraction of sp³-hybridized carbons (Fsp3) is 0.364. The quantitative estimate of drug-likeness (QED) is 0.579. The first-order chi connectivity index (χ1) is 12.8. The summed E-state index contributed by atoms with van der Waals surface area (Å²) >= 11 is 1.59. The van der Waals surface area contributed by atoms with Crippen LogP contribution >= 0.6 is 23.7 Å². The van der Waals surface area contributed by atoms with Crippen LogP contribution in [0.5, 0.6) is 0 Å². The van der Waals surface area contributed by atoms with E-state index in [1.54, 1.807) is 11.3 Å². The number of para-hydroxylation sites is 1. The lowest BCUT2D eigenvalue weighted by Gasteiger charge is -2.22. The molecule has 1 heterocycles. The Morgan fingerprint density at radius 2 is 1.75 bits per heavy atom. The lowest BCUT2D eigenvalue weighted by molar-refractivity contribution is -0.118. The molecule has 0 spiro atoms. The number of carbonyl (C=O) groups excluding carboxylic acids is 1. The average molecular weight is 418 g/mol. The molecule has 0 radical (unpaired) electrons. The van der Waals surface area contributed by atoms with E-state index >= 15 is 0 Å². The summed E-state index contributed by atoms with van der Waals surface area (Å²) in [5.74, 6) is 0.0943. The number of nitrogens with zero attached hydrogens (tertiary/aromatic N) is 3. The second kappa shape index (κ2) is 9.50.